The molecule has 0 saturated carbocycles. The van der Waals surface area contributed by atoms with E-state index < -0.39 is 21.3 Å². The molecule has 1 unspecified atom stereocenters. The molecule has 29 heavy (non-hydrogen) atoms. The molecule has 0 aromatic heterocycles. The summed E-state index contributed by atoms with van der Waals surface area (Å²) in [5.74, 6) is 0.0927. The number of carbonyl (C=O) groups excluding carboxylic acids is 1. The quantitative estimate of drug-likeness (QED) is 0.720. The molecule has 3 rings (SSSR count). The summed E-state index contributed by atoms with van der Waals surface area (Å²) < 4.78 is 33.9. The van der Waals surface area contributed by atoms with Crippen molar-refractivity contribution in [1.29, 1.82) is 0 Å². The van der Waals surface area contributed by atoms with E-state index in [9.17, 15) is 13.2 Å². The smallest absolute Gasteiger partial charge is 0.243 e. The van der Waals surface area contributed by atoms with Gasteiger partial charge in [0.15, 0.2) is 0 Å². The fourth-order valence-electron chi connectivity index (χ4n) is 3.83. The maximum atomic E-state index is 13.3. The second-order valence-corrected chi connectivity index (χ2v) is 9.94. The molecular formula is C21H25ClN2O4S. The number of rotatable bonds is 7. The maximum Gasteiger partial charge on any atom is 0.243 e. The molecule has 156 valence electrons. The summed E-state index contributed by atoms with van der Waals surface area (Å²) in [5, 5.41) is 0.541. The largest absolute Gasteiger partial charge is 0.493 e. The number of nitrogens with zero attached hydrogens (tertiary/aromatic N) is 1. The number of sulfonamides is 1. The van der Waals surface area contributed by atoms with Crippen LogP contribution in [0.2, 0.25) is 5.02 Å². The summed E-state index contributed by atoms with van der Waals surface area (Å²) in [4.78, 5) is 12.1. The van der Waals surface area contributed by atoms with Crippen molar-refractivity contribution in [3.05, 3.63) is 59.1 Å². The molecule has 1 aliphatic heterocycles. The molecule has 1 fully saturated rings. The third-order valence-corrected chi connectivity index (χ3v) is 7.47. The summed E-state index contributed by atoms with van der Waals surface area (Å²) in [6.07, 6.45) is 1.32. The number of nitrogens with two attached hydrogens (primary N) is 1. The lowest BCUT2D eigenvalue weighted by atomic mass is 9.78. The first-order valence-corrected chi connectivity index (χ1v) is 11.3. The zero-order valence-corrected chi connectivity index (χ0v) is 17.9. The second-order valence-electron chi connectivity index (χ2n) is 7.60. The van der Waals surface area contributed by atoms with Crippen LogP contribution in [-0.2, 0) is 14.8 Å². The monoisotopic (exact) mass is 436 g/mol. The van der Waals surface area contributed by atoms with Crippen molar-refractivity contribution in [2.45, 2.75) is 31.1 Å². The Morgan fingerprint density at radius 2 is 2.00 bits per heavy atom. The Bertz CT molecular complexity index is 996. The van der Waals surface area contributed by atoms with Crippen molar-refractivity contribution in [2.24, 2.45) is 11.1 Å². The number of amides is 1. The second kappa shape index (κ2) is 8.73. The van der Waals surface area contributed by atoms with Gasteiger partial charge in [0, 0.05) is 29.9 Å². The summed E-state index contributed by atoms with van der Waals surface area (Å²) in [5.41, 5.74) is 5.50. The van der Waals surface area contributed by atoms with Crippen LogP contribution in [-0.4, -0.2) is 38.3 Å². The molecule has 0 aliphatic carbocycles. The molecule has 0 spiro atoms. The molecule has 1 heterocycles. The van der Waals surface area contributed by atoms with Crippen molar-refractivity contribution in [1.82, 2.24) is 4.31 Å². The van der Waals surface area contributed by atoms with E-state index in [-0.39, 0.29) is 24.5 Å². The molecule has 8 heteroatoms. The van der Waals surface area contributed by atoms with Crippen LogP contribution in [0.25, 0.3) is 0 Å². The molecule has 1 atom stereocenters. The molecule has 1 aliphatic rings. The van der Waals surface area contributed by atoms with Gasteiger partial charge in [-0.15, -0.1) is 0 Å². The summed E-state index contributed by atoms with van der Waals surface area (Å²) in [6, 6.07) is 13.9. The summed E-state index contributed by atoms with van der Waals surface area (Å²) in [7, 11) is -3.68. The zero-order valence-electron chi connectivity index (χ0n) is 16.3. The lowest BCUT2D eigenvalue weighted by Crippen LogP contribution is -2.50. The van der Waals surface area contributed by atoms with Crippen molar-refractivity contribution in [3.8, 4) is 5.75 Å². The average Bonchev–Trinajstić information content (AvgIpc) is 2.66. The lowest BCUT2D eigenvalue weighted by Gasteiger charge is -2.41. The van der Waals surface area contributed by atoms with Gasteiger partial charge < -0.3 is 10.5 Å². The van der Waals surface area contributed by atoms with Gasteiger partial charge in [-0.2, -0.15) is 4.31 Å². The van der Waals surface area contributed by atoms with Gasteiger partial charge in [-0.3, -0.25) is 4.79 Å². The van der Waals surface area contributed by atoms with Crippen LogP contribution < -0.4 is 10.5 Å². The number of piperidine rings is 1. The molecule has 0 bridgehead atoms. The number of hydrogen-bond acceptors (Lipinski definition) is 4. The number of carbonyl (C=O) groups is 1. The predicted octanol–water partition coefficient (Wildman–Crippen LogP) is 3.37. The van der Waals surface area contributed by atoms with E-state index in [0.29, 0.717) is 35.7 Å². The van der Waals surface area contributed by atoms with Gasteiger partial charge in [-0.25, -0.2) is 8.42 Å². The van der Waals surface area contributed by atoms with Crippen LogP contribution in [0.5, 0.6) is 5.75 Å². The van der Waals surface area contributed by atoms with Crippen molar-refractivity contribution >= 4 is 27.5 Å². The Morgan fingerprint density at radius 1 is 1.24 bits per heavy atom. The summed E-state index contributed by atoms with van der Waals surface area (Å²) in [6.45, 7) is 2.52. The highest BCUT2D eigenvalue weighted by molar-refractivity contribution is 7.89. The fourth-order valence-corrected chi connectivity index (χ4v) is 5.83. The topological polar surface area (TPSA) is 89.7 Å². The zero-order chi connectivity index (χ0) is 21.1. The Morgan fingerprint density at radius 3 is 2.69 bits per heavy atom. The van der Waals surface area contributed by atoms with Gasteiger partial charge in [-0.05, 0) is 49.6 Å². The minimum Gasteiger partial charge on any atom is -0.493 e. The van der Waals surface area contributed by atoms with Gasteiger partial charge in [0.25, 0.3) is 0 Å². The van der Waals surface area contributed by atoms with E-state index in [2.05, 4.69) is 0 Å². The van der Waals surface area contributed by atoms with E-state index in [1.165, 1.54) is 4.31 Å². The van der Waals surface area contributed by atoms with Gasteiger partial charge >= 0.3 is 0 Å². The number of benzene rings is 2. The van der Waals surface area contributed by atoms with Gasteiger partial charge in [0.2, 0.25) is 15.9 Å². The van der Waals surface area contributed by atoms with Crippen LogP contribution in [0.3, 0.4) is 0 Å². The highest BCUT2D eigenvalue weighted by Gasteiger charge is 2.42. The molecule has 2 aromatic rings. The maximum absolute atomic E-state index is 13.3. The fraction of sp³-hybridized carbons (Fsp3) is 0.381. The Labute approximate surface area is 176 Å². The number of ether oxygens (including phenoxy) is 1. The van der Waals surface area contributed by atoms with E-state index in [1.807, 2.05) is 0 Å². The molecule has 2 aromatic carbocycles. The molecule has 1 amide bonds. The molecule has 6 nitrogen and oxygen atoms in total. The Kier molecular flexibility index (Phi) is 6.51. The third kappa shape index (κ3) is 5.10. The van der Waals surface area contributed by atoms with Crippen LogP contribution in [0.15, 0.2) is 53.4 Å². The van der Waals surface area contributed by atoms with Gasteiger partial charge in [0.1, 0.15) is 5.75 Å². The van der Waals surface area contributed by atoms with E-state index in [0.717, 1.165) is 0 Å². The van der Waals surface area contributed by atoms with Crippen molar-refractivity contribution < 1.29 is 17.9 Å². The van der Waals surface area contributed by atoms with E-state index in [4.69, 9.17) is 22.1 Å². The average molecular weight is 437 g/mol. The molecular weight excluding hydrogens is 412 g/mol. The highest BCUT2D eigenvalue weighted by Crippen LogP contribution is 2.37. The molecule has 2 N–H and O–H groups in total. The lowest BCUT2D eigenvalue weighted by molar-refractivity contribution is -0.121. The van der Waals surface area contributed by atoms with Gasteiger partial charge in [-0.1, -0.05) is 35.9 Å². The van der Waals surface area contributed by atoms with Crippen molar-refractivity contribution in [3.63, 3.8) is 0 Å². The number of primary amides is 1. The minimum absolute atomic E-state index is 0.0490. The van der Waals surface area contributed by atoms with E-state index in [1.54, 1.807) is 55.5 Å². The predicted molar refractivity (Wildman–Crippen MR) is 112 cm³/mol. The van der Waals surface area contributed by atoms with Crippen LogP contribution in [0.4, 0.5) is 0 Å². The molecule has 0 radical (unpaired) electrons. The first-order chi connectivity index (χ1) is 13.7. The normalized spacial score (nSPS) is 20.3. The highest BCUT2D eigenvalue weighted by atomic mass is 35.5. The number of halogens is 1. The van der Waals surface area contributed by atoms with Gasteiger partial charge in [0.05, 0.1) is 11.5 Å². The Hall–Kier alpha value is -2.09. The summed E-state index contributed by atoms with van der Waals surface area (Å²) >= 11 is 6.01. The van der Waals surface area contributed by atoms with E-state index >= 15 is 0 Å². The number of aryl methyl sites for hydroxylation is 1. The standard InChI is InChI=1S/C21H25ClN2O4S/c1-16-6-2-3-9-19(16)29(26,27)24-11-5-10-21(14-24,13-20(23)25)15-28-18-8-4-7-17(22)12-18/h2-4,6-9,12H,5,10-11,13-15H2,1H3,(H2,23,25). The van der Waals surface area contributed by atoms with Crippen LogP contribution >= 0.6 is 11.6 Å². The van der Waals surface area contributed by atoms with Crippen LogP contribution in [0.1, 0.15) is 24.8 Å². The SMILES string of the molecule is Cc1ccccc1S(=O)(=O)N1CCCC(COc2cccc(Cl)c2)(CC(N)=O)C1. The minimum atomic E-state index is -3.68. The first-order valence-electron chi connectivity index (χ1n) is 9.44. The third-order valence-electron chi connectivity index (χ3n) is 5.23. The number of hydrogen-bond donors (Lipinski definition) is 1. The molecule has 1 saturated heterocycles. The first kappa shape index (κ1) is 21.6. The van der Waals surface area contributed by atoms with Crippen LogP contribution in [0, 0.1) is 12.3 Å². The van der Waals surface area contributed by atoms with Crippen molar-refractivity contribution in [2.75, 3.05) is 19.7 Å². The Balaban J connectivity index is 1.85.